The van der Waals surface area contributed by atoms with Crippen molar-refractivity contribution >= 4 is 23.2 Å². The summed E-state index contributed by atoms with van der Waals surface area (Å²) in [5.74, 6) is 1.13. The van der Waals surface area contributed by atoms with E-state index in [1.165, 1.54) is 0 Å². The molecule has 0 radical (unpaired) electrons. The van der Waals surface area contributed by atoms with Crippen LogP contribution in [0.4, 0.5) is 11.4 Å². The molecule has 0 aliphatic carbocycles. The third kappa shape index (κ3) is 4.37. The van der Waals surface area contributed by atoms with Crippen LogP contribution in [0.3, 0.4) is 0 Å². The number of hydrogen-bond acceptors (Lipinski definition) is 4. The minimum Gasteiger partial charge on any atom is -0.493 e. The molecule has 2 aromatic carbocycles. The largest absolute Gasteiger partial charge is 0.493 e. The van der Waals surface area contributed by atoms with E-state index < -0.39 is 5.54 Å². The van der Waals surface area contributed by atoms with Crippen molar-refractivity contribution in [3.8, 4) is 11.5 Å². The average molecular weight is 427 g/mol. The second-order valence-electron chi connectivity index (χ2n) is 8.46. The lowest BCUT2D eigenvalue weighted by Gasteiger charge is -2.43. The van der Waals surface area contributed by atoms with E-state index in [0.717, 1.165) is 29.1 Å². The molecule has 0 fully saturated rings. The number of anilines is 2. The average Bonchev–Trinajstić information content (AvgIpc) is 2.76. The van der Waals surface area contributed by atoms with Crippen molar-refractivity contribution in [2.75, 3.05) is 38.0 Å². The second-order valence-corrected chi connectivity index (χ2v) is 8.46. The Morgan fingerprint density at radius 2 is 1.81 bits per heavy atom. The van der Waals surface area contributed by atoms with Gasteiger partial charge in [0, 0.05) is 6.42 Å². The molecule has 1 aliphatic rings. The van der Waals surface area contributed by atoms with Gasteiger partial charge in [0.15, 0.2) is 17.5 Å². The zero-order valence-corrected chi connectivity index (χ0v) is 19.1. The first-order valence-electron chi connectivity index (χ1n) is 10.5. The molecule has 1 unspecified atom stereocenters. The number of benzene rings is 2. The third-order valence-corrected chi connectivity index (χ3v) is 6.09. The summed E-state index contributed by atoms with van der Waals surface area (Å²) in [4.78, 5) is 28.9. The maximum absolute atomic E-state index is 13.5. The van der Waals surface area contributed by atoms with Crippen LogP contribution in [-0.4, -0.2) is 51.2 Å². The molecule has 31 heavy (non-hydrogen) atoms. The molecule has 2 amide bonds. The highest BCUT2D eigenvalue weighted by atomic mass is 16.5. The number of amides is 2. The number of quaternary nitrogens is 1. The summed E-state index contributed by atoms with van der Waals surface area (Å²) in [5.41, 5.74) is 1.54. The molecule has 7 heteroatoms. The van der Waals surface area contributed by atoms with Crippen LogP contribution in [0, 0.1) is 0 Å². The fourth-order valence-electron chi connectivity index (χ4n) is 3.85. The molecular formula is C24H32N3O4+. The monoisotopic (exact) mass is 426 g/mol. The first-order valence-corrected chi connectivity index (χ1v) is 10.5. The molecule has 2 N–H and O–H groups in total. The Kier molecular flexibility index (Phi) is 6.55. The molecule has 2 aromatic rings. The number of hydrogen-bond donors (Lipinski definition) is 2. The molecule has 2 atom stereocenters. The van der Waals surface area contributed by atoms with Crippen molar-refractivity contribution in [2.24, 2.45) is 0 Å². The molecule has 7 nitrogen and oxygen atoms in total. The van der Waals surface area contributed by atoms with Crippen molar-refractivity contribution in [3.63, 3.8) is 0 Å². The van der Waals surface area contributed by atoms with Gasteiger partial charge in [0.2, 0.25) is 5.91 Å². The van der Waals surface area contributed by atoms with Gasteiger partial charge in [0.1, 0.15) is 5.54 Å². The quantitative estimate of drug-likeness (QED) is 0.710. The number of nitrogens with one attached hydrogen (secondary N) is 2. The number of para-hydroxylation sites is 2. The standard InChI is InChI=1S/C24H31N3O4/c1-16(26(4)14-13-17-11-12-20(30-5)21(15-17)31-6)22(28)27-19-10-8-7-9-18(19)25-23(29)24(27,2)3/h7-12,15-16H,13-14H2,1-6H3,(H,25,29)/p+1/t16-/m1/s1. The Morgan fingerprint density at radius 3 is 2.48 bits per heavy atom. The van der Waals surface area contributed by atoms with Crippen LogP contribution < -0.4 is 24.6 Å². The molecule has 3 rings (SSSR count). The van der Waals surface area contributed by atoms with E-state index in [4.69, 9.17) is 9.47 Å². The maximum atomic E-state index is 13.5. The lowest BCUT2D eigenvalue weighted by Crippen LogP contribution is -3.14. The molecule has 166 valence electrons. The lowest BCUT2D eigenvalue weighted by molar-refractivity contribution is -0.893. The number of carbonyl (C=O) groups excluding carboxylic acids is 2. The van der Waals surface area contributed by atoms with Gasteiger partial charge < -0.3 is 19.7 Å². The first kappa shape index (κ1) is 22.6. The fourth-order valence-corrected chi connectivity index (χ4v) is 3.85. The topological polar surface area (TPSA) is 72.3 Å². The number of ether oxygens (including phenoxy) is 2. The normalized spacial score (nSPS) is 16.7. The Hall–Kier alpha value is -3.06. The smallest absolute Gasteiger partial charge is 0.285 e. The number of methoxy groups -OCH3 is 2. The molecule has 0 saturated heterocycles. The van der Waals surface area contributed by atoms with Crippen LogP contribution in [0.1, 0.15) is 26.3 Å². The van der Waals surface area contributed by atoms with Gasteiger partial charge in [-0.15, -0.1) is 0 Å². The van der Waals surface area contributed by atoms with Crippen LogP contribution in [0.5, 0.6) is 11.5 Å². The molecular weight excluding hydrogens is 394 g/mol. The zero-order chi connectivity index (χ0) is 22.8. The number of carbonyl (C=O) groups is 2. The van der Waals surface area contributed by atoms with E-state index in [1.807, 2.05) is 56.4 Å². The molecule has 1 aliphatic heterocycles. The predicted molar refractivity (Wildman–Crippen MR) is 121 cm³/mol. The summed E-state index contributed by atoms with van der Waals surface area (Å²) < 4.78 is 10.7. The van der Waals surface area contributed by atoms with Crippen LogP contribution in [-0.2, 0) is 16.0 Å². The molecule has 0 bridgehead atoms. The van der Waals surface area contributed by atoms with Gasteiger partial charge in [-0.2, -0.15) is 0 Å². The van der Waals surface area contributed by atoms with Gasteiger partial charge in [0.05, 0.1) is 39.2 Å². The SMILES string of the molecule is COc1ccc(CC[NH+](C)[C@H](C)C(=O)N2c3ccccc3NC(=O)C2(C)C)cc1OC. The number of fused-ring (bicyclic) bond motifs is 1. The van der Waals surface area contributed by atoms with Crippen molar-refractivity contribution in [2.45, 2.75) is 38.8 Å². The van der Waals surface area contributed by atoms with E-state index in [9.17, 15) is 9.59 Å². The Morgan fingerprint density at radius 1 is 1.13 bits per heavy atom. The van der Waals surface area contributed by atoms with Crippen LogP contribution in [0.15, 0.2) is 42.5 Å². The van der Waals surface area contributed by atoms with E-state index in [-0.39, 0.29) is 17.9 Å². The second kappa shape index (κ2) is 8.98. The number of rotatable bonds is 7. The minimum absolute atomic E-state index is 0.0721. The minimum atomic E-state index is -0.969. The Labute approximate surface area is 183 Å². The van der Waals surface area contributed by atoms with Gasteiger partial charge in [-0.1, -0.05) is 18.2 Å². The van der Waals surface area contributed by atoms with Gasteiger partial charge >= 0.3 is 0 Å². The summed E-state index contributed by atoms with van der Waals surface area (Å²) in [6.45, 7) is 6.23. The molecule has 0 saturated carbocycles. The lowest BCUT2D eigenvalue weighted by atomic mass is 9.95. The third-order valence-electron chi connectivity index (χ3n) is 6.09. The predicted octanol–water partition coefficient (Wildman–Crippen LogP) is 1.91. The van der Waals surface area contributed by atoms with Crippen LogP contribution >= 0.6 is 0 Å². The fraction of sp³-hybridized carbons (Fsp3) is 0.417. The molecule has 0 aromatic heterocycles. The van der Waals surface area contributed by atoms with Gasteiger partial charge in [-0.25, -0.2) is 0 Å². The van der Waals surface area contributed by atoms with Crippen LogP contribution in [0.25, 0.3) is 0 Å². The van der Waals surface area contributed by atoms with Gasteiger partial charge in [0.25, 0.3) is 5.91 Å². The maximum Gasteiger partial charge on any atom is 0.285 e. The van der Waals surface area contributed by atoms with E-state index >= 15 is 0 Å². The molecule has 1 heterocycles. The highest BCUT2D eigenvalue weighted by molar-refractivity contribution is 6.14. The van der Waals surface area contributed by atoms with E-state index in [2.05, 4.69) is 5.32 Å². The van der Waals surface area contributed by atoms with Gasteiger partial charge in [-0.3, -0.25) is 14.5 Å². The Balaban J connectivity index is 1.75. The highest BCUT2D eigenvalue weighted by Crippen LogP contribution is 2.36. The van der Waals surface area contributed by atoms with Crippen molar-refractivity contribution in [1.29, 1.82) is 0 Å². The van der Waals surface area contributed by atoms with Gasteiger partial charge in [-0.05, 0) is 50.6 Å². The summed E-state index contributed by atoms with van der Waals surface area (Å²) >= 11 is 0. The summed E-state index contributed by atoms with van der Waals surface area (Å²) in [6, 6.07) is 13.0. The summed E-state index contributed by atoms with van der Waals surface area (Å²) in [6.07, 6.45) is 0.782. The van der Waals surface area contributed by atoms with E-state index in [1.54, 1.807) is 33.0 Å². The number of likely N-dealkylation sites (N-methyl/N-ethyl adjacent to an activating group) is 1. The molecule has 0 spiro atoms. The highest BCUT2D eigenvalue weighted by Gasteiger charge is 2.46. The van der Waals surface area contributed by atoms with Crippen molar-refractivity contribution in [3.05, 3.63) is 48.0 Å². The first-order chi connectivity index (χ1) is 14.7. The Bertz CT molecular complexity index is 973. The summed E-state index contributed by atoms with van der Waals surface area (Å²) in [5, 5.41) is 2.91. The number of nitrogens with zero attached hydrogens (tertiary/aromatic N) is 1. The van der Waals surface area contributed by atoms with Crippen molar-refractivity contribution in [1.82, 2.24) is 0 Å². The summed E-state index contributed by atoms with van der Waals surface area (Å²) in [7, 11) is 5.24. The zero-order valence-electron chi connectivity index (χ0n) is 19.1. The van der Waals surface area contributed by atoms with E-state index in [0.29, 0.717) is 17.2 Å². The van der Waals surface area contributed by atoms with Crippen LogP contribution in [0.2, 0.25) is 0 Å². The van der Waals surface area contributed by atoms with Crippen molar-refractivity contribution < 1.29 is 24.0 Å².